The first-order valence-electron chi connectivity index (χ1n) is 8.67. The zero-order valence-corrected chi connectivity index (χ0v) is 16.6. The molecule has 2 aromatic rings. The van der Waals surface area contributed by atoms with E-state index >= 15 is 0 Å². The first-order valence-corrected chi connectivity index (χ1v) is 9.75. The molecule has 1 amide bonds. The second-order valence-corrected chi connectivity index (χ2v) is 7.58. The largest absolute Gasteiger partial charge is 0.370 e. The third-order valence-corrected chi connectivity index (χ3v) is 5.10. The van der Waals surface area contributed by atoms with Crippen molar-refractivity contribution in [2.45, 2.75) is 6.42 Å². The molecule has 1 fully saturated rings. The van der Waals surface area contributed by atoms with Crippen LogP contribution in [-0.2, 0) is 4.79 Å². The molecule has 3 rings (SSSR count). The van der Waals surface area contributed by atoms with Crippen LogP contribution in [0.4, 0.5) is 11.4 Å². The second-order valence-electron chi connectivity index (χ2n) is 6.33. The minimum absolute atomic E-state index is 0.0267. The first-order chi connectivity index (χ1) is 12.6. The molecule has 0 unspecified atom stereocenters. The maximum Gasteiger partial charge on any atom is 0.238 e. The van der Waals surface area contributed by atoms with E-state index in [1.807, 2.05) is 48.5 Å². The smallest absolute Gasteiger partial charge is 0.238 e. The van der Waals surface area contributed by atoms with Crippen LogP contribution >= 0.6 is 22.6 Å². The molecule has 1 aliphatic heterocycles. The highest BCUT2D eigenvalue weighted by Gasteiger charge is 2.17. The normalized spacial score (nSPS) is 15.2. The van der Waals surface area contributed by atoms with Gasteiger partial charge in [0.2, 0.25) is 5.91 Å². The van der Waals surface area contributed by atoms with Crippen molar-refractivity contribution in [1.29, 1.82) is 5.26 Å². The molecule has 0 aliphatic carbocycles. The van der Waals surface area contributed by atoms with E-state index in [9.17, 15) is 4.79 Å². The molecule has 1 aliphatic rings. The van der Waals surface area contributed by atoms with Gasteiger partial charge in [-0.2, -0.15) is 5.26 Å². The topological polar surface area (TPSA) is 59.4 Å². The molecule has 0 radical (unpaired) electrons. The Kier molecular flexibility index (Phi) is 6.47. The summed E-state index contributed by atoms with van der Waals surface area (Å²) in [6, 6.07) is 17.7. The molecule has 0 saturated carbocycles. The standard InChI is InChI=1S/C20H21IN4O/c21-17-3-1-4-18(13-17)23-20(26)15-24-9-2-10-25(12-11-24)19-7-5-16(14-22)6-8-19/h1,3-8,13H,2,9-12,15H2,(H,23,26). The van der Waals surface area contributed by atoms with Gasteiger partial charge in [0.25, 0.3) is 0 Å². The molecule has 0 aromatic heterocycles. The molecule has 0 bridgehead atoms. The number of nitriles is 1. The Hall–Kier alpha value is -2.11. The Morgan fingerprint density at radius 2 is 1.92 bits per heavy atom. The Morgan fingerprint density at radius 1 is 1.12 bits per heavy atom. The predicted molar refractivity (Wildman–Crippen MR) is 112 cm³/mol. The van der Waals surface area contributed by atoms with E-state index < -0.39 is 0 Å². The molecule has 134 valence electrons. The summed E-state index contributed by atoms with van der Waals surface area (Å²) in [5.74, 6) is 0.0267. The van der Waals surface area contributed by atoms with Crippen molar-refractivity contribution < 1.29 is 4.79 Å². The number of nitrogens with one attached hydrogen (secondary N) is 1. The zero-order valence-electron chi connectivity index (χ0n) is 14.5. The number of benzene rings is 2. The van der Waals surface area contributed by atoms with Crippen molar-refractivity contribution in [3.05, 3.63) is 57.7 Å². The van der Waals surface area contributed by atoms with Crippen LogP contribution in [-0.4, -0.2) is 43.5 Å². The highest BCUT2D eigenvalue weighted by molar-refractivity contribution is 14.1. The predicted octanol–water partition coefficient (Wildman–Crippen LogP) is 3.31. The number of anilines is 2. The van der Waals surface area contributed by atoms with Crippen molar-refractivity contribution in [3.63, 3.8) is 0 Å². The van der Waals surface area contributed by atoms with Gasteiger partial charge in [-0.1, -0.05) is 6.07 Å². The minimum Gasteiger partial charge on any atom is -0.370 e. The number of carbonyl (C=O) groups excluding carboxylic acids is 1. The van der Waals surface area contributed by atoms with Crippen LogP contribution in [0.2, 0.25) is 0 Å². The molecule has 1 heterocycles. The molecule has 5 nitrogen and oxygen atoms in total. The van der Waals surface area contributed by atoms with Crippen LogP contribution in [0.5, 0.6) is 0 Å². The average Bonchev–Trinajstić information content (AvgIpc) is 2.87. The number of hydrogen-bond donors (Lipinski definition) is 1. The number of hydrogen-bond acceptors (Lipinski definition) is 4. The number of halogens is 1. The van der Waals surface area contributed by atoms with Gasteiger partial charge in [0, 0.05) is 41.1 Å². The van der Waals surface area contributed by atoms with Gasteiger partial charge in [0.1, 0.15) is 0 Å². The lowest BCUT2D eigenvalue weighted by Gasteiger charge is -2.23. The summed E-state index contributed by atoms with van der Waals surface area (Å²) in [7, 11) is 0. The van der Waals surface area contributed by atoms with Crippen molar-refractivity contribution in [1.82, 2.24) is 4.90 Å². The van der Waals surface area contributed by atoms with Gasteiger partial charge in [-0.15, -0.1) is 0 Å². The Labute approximate surface area is 167 Å². The fourth-order valence-corrected chi connectivity index (χ4v) is 3.65. The van der Waals surface area contributed by atoms with Crippen LogP contribution < -0.4 is 10.2 Å². The second kappa shape index (κ2) is 9.01. The van der Waals surface area contributed by atoms with Gasteiger partial charge in [0.05, 0.1) is 18.2 Å². The molecule has 6 heteroatoms. The van der Waals surface area contributed by atoms with E-state index in [1.54, 1.807) is 0 Å². The van der Waals surface area contributed by atoms with Gasteiger partial charge in [-0.05, 0) is 71.5 Å². The summed E-state index contributed by atoms with van der Waals surface area (Å²) in [6.07, 6.45) is 1.01. The van der Waals surface area contributed by atoms with Gasteiger partial charge < -0.3 is 10.2 Å². The van der Waals surface area contributed by atoms with E-state index in [-0.39, 0.29) is 5.91 Å². The Bertz CT molecular complexity index is 800. The van der Waals surface area contributed by atoms with Crippen LogP contribution in [0.15, 0.2) is 48.5 Å². The van der Waals surface area contributed by atoms with Gasteiger partial charge in [0.15, 0.2) is 0 Å². The van der Waals surface area contributed by atoms with Crippen molar-refractivity contribution in [2.24, 2.45) is 0 Å². The lowest BCUT2D eigenvalue weighted by Crippen LogP contribution is -2.36. The SMILES string of the molecule is N#Cc1ccc(N2CCCN(CC(=O)Nc3cccc(I)c3)CC2)cc1. The summed E-state index contributed by atoms with van der Waals surface area (Å²) in [4.78, 5) is 16.8. The minimum atomic E-state index is 0.0267. The third-order valence-electron chi connectivity index (χ3n) is 4.43. The molecule has 2 aromatic carbocycles. The van der Waals surface area contributed by atoms with Gasteiger partial charge >= 0.3 is 0 Å². The lowest BCUT2D eigenvalue weighted by molar-refractivity contribution is -0.117. The third kappa shape index (κ3) is 5.19. The quantitative estimate of drug-likeness (QED) is 0.712. The van der Waals surface area contributed by atoms with Crippen LogP contribution in [0.3, 0.4) is 0 Å². The first kappa shape index (κ1) is 18.7. The molecule has 0 spiro atoms. The number of rotatable bonds is 4. The number of carbonyl (C=O) groups is 1. The maximum absolute atomic E-state index is 12.3. The maximum atomic E-state index is 12.3. The van der Waals surface area contributed by atoms with Crippen LogP contribution in [0.1, 0.15) is 12.0 Å². The lowest BCUT2D eigenvalue weighted by atomic mass is 10.2. The van der Waals surface area contributed by atoms with E-state index in [2.05, 4.69) is 43.8 Å². The van der Waals surface area contributed by atoms with E-state index in [4.69, 9.17) is 5.26 Å². The molecule has 1 N–H and O–H groups in total. The van der Waals surface area contributed by atoms with E-state index in [1.165, 1.54) is 0 Å². The molecule has 1 saturated heterocycles. The zero-order chi connectivity index (χ0) is 18.4. The highest BCUT2D eigenvalue weighted by atomic mass is 127. The molecule has 0 atom stereocenters. The van der Waals surface area contributed by atoms with Crippen LogP contribution in [0.25, 0.3) is 0 Å². The van der Waals surface area contributed by atoms with Crippen molar-refractivity contribution >= 4 is 39.9 Å². The van der Waals surface area contributed by atoms with E-state index in [0.717, 1.165) is 47.5 Å². The van der Waals surface area contributed by atoms with Gasteiger partial charge in [-0.25, -0.2) is 0 Å². The van der Waals surface area contributed by atoms with E-state index in [0.29, 0.717) is 12.1 Å². The van der Waals surface area contributed by atoms with Crippen molar-refractivity contribution in [3.8, 4) is 6.07 Å². The Morgan fingerprint density at radius 3 is 2.65 bits per heavy atom. The summed E-state index contributed by atoms with van der Waals surface area (Å²) in [5.41, 5.74) is 2.66. The summed E-state index contributed by atoms with van der Waals surface area (Å²) < 4.78 is 1.10. The number of nitrogens with zero attached hydrogens (tertiary/aromatic N) is 3. The Balaban J connectivity index is 1.53. The fourth-order valence-electron chi connectivity index (χ4n) is 3.10. The number of amides is 1. The summed E-state index contributed by atoms with van der Waals surface area (Å²) >= 11 is 2.24. The van der Waals surface area contributed by atoms with Crippen LogP contribution in [0, 0.1) is 14.9 Å². The summed E-state index contributed by atoms with van der Waals surface area (Å²) in [5, 5.41) is 11.9. The average molecular weight is 460 g/mol. The highest BCUT2D eigenvalue weighted by Crippen LogP contribution is 2.17. The van der Waals surface area contributed by atoms with Gasteiger partial charge in [-0.3, -0.25) is 9.69 Å². The summed E-state index contributed by atoms with van der Waals surface area (Å²) in [6.45, 7) is 4.00. The van der Waals surface area contributed by atoms with Crippen molar-refractivity contribution in [2.75, 3.05) is 42.9 Å². The monoisotopic (exact) mass is 460 g/mol. The molecular formula is C20H21IN4O. The molecule has 26 heavy (non-hydrogen) atoms. The fraction of sp³-hybridized carbons (Fsp3) is 0.300. The molecular weight excluding hydrogens is 439 g/mol.